The van der Waals surface area contributed by atoms with Crippen molar-refractivity contribution in [1.29, 1.82) is 0 Å². The van der Waals surface area contributed by atoms with Crippen molar-refractivity contribution in [2.45, 2.75) is 18.9 Å². The molecule has 0 fully saturated rings. The zero-order valence-electron chi connectivity index (χ0n) is 12.7. The van der Waals surface area contributed by atoms with Gasteiger partial charge in [0.25, 0.3) is 0 Å². The number of pyridine rings is 1. The molecule has 0 saturated carbocycles. The molecule has 2 rings (SSSR count). The maximum Gasteiger partial charge on any atom is 0.133 e. The predicted octanol–water partition coefficient (Wildman–Crippen LogP) is 2.44. The minimum absolute atomic E-state index is 0.411. The van der Waals surface area contributed by atoms with E-state index in [4.69, 9.17) is 9.47 Å². The van der Waals surface area contributed by atoms with Gasteiger partial charge >= 0.3 is 0 Å². The first-order valence-corrected chi connectivity index (χ1v) is 6.94. The van der Waals surface area contributed by atoms with E-state index >= 15 is 0 Å². The number of aliphatic hydroxyl groups is 1. The Morgan fingerprint density at radius 3 is 2.81 bits per heavy atom. The first-order valence-electron chi connectivity index (χ1n) is 6.94. The van der Waals surface area contributed by atoms with Crippen LogP contribution in [0.25, 0.3) is 10.8 Å². The number of ether oxygens (including phenoxy) is 2. The lowest BCUT2D eigenvalue weighted by molar-refractivity contribution is 0.0357. The molecule has 0 saturated heterocycles. The highest BCUT2D eigenvalue weighted by atomic mass is 16.5. The molecule has 0 radical (unpaired) electrons. The van der Waals surface area contributed by atoms with E-state index < -0.39 is 5.60 Å². The van der Waals surface area contributed by atoms with Gasteiger partial charge in [-0.1, -0.05) is 0 Å². The van der Waals surface area contributed by atoms with Crippen LogP contribution < -0.4 is 10.1 Å². The van der Waals surface area contributed by atoms with Gasteiger partial charge in [0.15, 0.2) is 0 Å². The number of hydrogen-bond acceptors (Lipinski definition) is 5. The molecular formula is C16H22N2O3. The maximum atomic E-state index is 10.3. The summed E-state index contributed by atoms with van der Waals surface area (Å²) in [5, 5.41) is 15.5. The molecule has 5 nitrogen and oxygen atoms in total. The third-order valence-corrected chi connectivity index (χ3v) is 3.45. The molecule has 2 aromatic rings. The molecule has 1 atom stereocenters. The largest absolute Gasteiger partial charge is 0.497 e. The standard InChI is InChI=1S/C16H22N2O3/c1-16(19,7-9-20-2)11-18-15-14-5-4-13(21-3)10-12(14)6-8-17-15/h4-6,8,10,19H,7,9,11H2,1-3H3,(H,17,18). The lowest BCUT2D eigenvalue weighted by Crippen LogP contribution is -2.34. The first-order chi connectivity index (χ1) is 10.1. The maximum absolute atomic E-state index is 10.3. The minimum atomic E-state index is -0.841. The van der Waals surface area contributed by atoms with Gasteiger partial charge in [0, 0.05) is 38.3 Å². The van der Waals surface area contributed by atoms with Gasteiger partial charge in [0.2, 0.25) is 0 Å². The summed E-state index contributed by atoms with van der Waals surface area (Å²) in [6, 6.07) is 7.77. The van der Waals surface area contributed by atoms with E-state index in [-0.39, 0.29) is 0 Å². The van der Waals surface area contributed by atoms with E-state index in [0.29, 0.717) is 19.6 Å². The SMILES string of the molecule is COCCC(C)(O)CNc1nccc2cc(OC)ccc12. The molecular weight excluding hydrogens is 268 g/mol. The van der Waals surface area contributed by atoms with Crippen LogP contribution in [-0.2, 0) is 4.74 Å². The van der Waals surface area contributed by atoms with Crippen molar-refractivity contribution in [3.63, 3.8) is 0 Å². The molecule has 1 unspecified atom stereocenters. The lowest BCUT2D eigenvalue weighted by Gasteiger charge is -2.24. The average molecular weight is 290 g/mol. The summed E-state index contributed by atoms with van der Waals surface area (Å²) in [6.07, 6.45) is 2.31. The van der Waals surface area contributed by atoms with Crippen LogP contribution in [0.2, 0.25) is 0 Å². The second-order valence-corrected chi connectivity index (χ2v) is 5.34. The average Bonchev–Trinajstić information content (AvgIpc) is 2.50. The normalized spacial score (nSPS) is 13.9. The van der Waals surface area contributed by atoms with E-state index in [1.54, 1.807) is 27.3 Å². The smallest absolute Gasteiger partial charge is 0.133 e. The number of nitrogens with zero attached hydrogens (tertiary/aromatic N) is 1. The van der Waals surface area contributed by atoms with E-state index in [0.717, 1.165) is 22.3 Å². The van der Waals surface area contributed by atoms with Gasteiger partial charge in [-0.25, -0.2) is 4.98 Å². The fraction of sp³-hybridized carbons (Fsp3) is 0.438. The Morgan fingerprint density at radius 2 is 2.10 bits per heavy atom. The monoisotopic (exact) mass is 290 g/mol. The van der Waals surface area contributed by atoms with Crippen LogP contribution in [-0.4, -0.2) is 43.1 Å². The number of anilines is 1. The molecule has 1 aromatic heterocycles. The number of nitrogens with one attached hydrogen (secondary N) is 1. The number of aromatic nitrogens is 1. The van der Waals surface area contributed by atoms with Crippen molar-refractivity contribution in [1.82, 2.24) is 4.98 Å². The van der Waals surface area contributed by atoms with Crippen LogP contribution in [0.3, 0.4) is 0 Å². The summed E-state index contributed by atoms with van der Waals surface area (Å²) in [5.74, 6) is 1.57. The summed E-state index contributed by atoms with van der Waals surface area (Å²) in [6.45, 7) is 2.72. The Labute approximate surface area is 124 Å². The first kappa shape index (κ1) is 15.5. The van der Waals surface area contributed by atoms with Gasteiger partial charge in [-0.15, -0.1) is 0 Å². The van der Waals surface area contributed by atoms with Gasteiger partial charge in [-0.3, -0.25) is 0 Å². The zero-order valence-corrected chi connectivity index (χ0v) is 12.7. The second-order valence-electron chi connectivity index (χ2n) is 5.34. The Hall–Kier alpha value is -1.85. The summed E-state index contributed by atoms with van der Waals surface area (Å²) in [4.78, 5) is 4.35. The fourth-order valence-electron chi connectivity index (χ4n) is 2.11. The van der Waals surface area contributed by atoms with Crippen LogP contribution in [0.15, 0.2) is 30.5 Å². The molecule has 0 amide bonds. The van der Waals surface area contributed by atoms with Crippen molar-refractivity contribution >= 4 is 16.6 Å². The number of benzene rings is 1. The molecule has 0 aliphatic carbocycles. The molecule has 21 heavy (non-hydrogen) atoms. The highest BCUT2D eigenvalue weighted by Crippen LogP contribution is 2.25. The van der Waals surface area contributed by atoms with Crippen molar-refractivity contribution in [2.24, 2.45) is 0 Å². The van der Waals surface area contributed by atoms with E-state index in [2.05, 4.69) is 10.3 Å². The van der Waals surface area contributed by atoms with Crippen LogP contribution in [0.4, 0.5) is 5.82 Å². The van der Waals surface area contributed by atoms with E-state index in [1.807, 2.05) is 24.3 Å². The summed E-state index contributed by atoms with van der Waals surface area (Å²) in [5.41, 5.74) is -0.841. The summed E-state index contributed by atoms with van der Waals surface area (Å²) >= 11 is 0. The lowest BCUT2D eigenvalue weighted by atomic mass is 10.0. The molecule has 1 aromatic carbocycles. The third-order valence-electron chi connectivity index (χ3n) is 3.45. The number of methoxy groups -OCH3 is 2. The van der Waals surface area contributed by atoms with Crippen LogP contribution in [0.1, 0.15) is 13.3 Å². The molecule has 0 bridgehead atoms. The highest BCUT2D eigenvalue weighted by molar-refractivity contribution is 5.92. The molecule has 2 N–H and O–H groups in total. The Morgan fingerprint density at radius 1 is 1.29 bits per heavy atom. The van der Waals surface area contributed by atoms with Gasteiger partial charge in [-0.05, 0) is 36.6 Å². The van der Waals surface area contributed by atoms with Gasteiger partial charge in [-0.2, -0.15) is 0 Å². The Kier molecular flexibility index (Phi) is 4.98. The molecule has 0 aliphatic heterocycles. The fourth-order valence-corrected chi connectivity index (χ4v) is 2.11. The van der Waals surface area contributed by atoms with Crippen molar-refractivity contribution in [3.8, 4) is 5.75 Å². The van der Waals surface area contributed by atoms with Crippen molar-refractivity contribution in [2.75, 3.05) is 32.7 Å². The van der Waals surface area contributed by atoms with Crippen LogP contribution in [0.5, 0.6) is 5.75 Å². The molecule has 114 valence electrons. The van der Waals surface area contributed by atoms with Crippen molar-refractivity contribution in [3.05, 3.63) is 30.5 Å². The second kappa shape index (κ2) is 6.74. The predicted molar refractivity (Wildman–Crippen MR) is 83.9 cm³/mol. The zero-order chi connectivity index (χ0) is 15.3. The Balaban J connectivity index is 2.15. The number of rotatable bonds is 7. The van der Waals surface area contributed by atoms with Crippen LogP contribution in [0, 0.1) is 0 Å². The summed E-state index contributed by atoms with van der Waals surface area (Å²) in [7, 11) is 3.28. The topological polar surface area (TPSA) is 63.6 Å². The van der Waals surface area contributed by atoms with Gasteiger partial charge in [0.1, 0.15) is 11.6 Å². The molecule has 5 heteroatoms. The summed E-state index contributed by atoms with van der Waals surface area (Å²) < 4.78 is 10.2. The van der Waals surface area contributed by atoms with E-state index in [1.165, 1.54) is 0 Å². The number of hydrogen-bond donors (Lipinski definition) is 2. The quantitative estimate of drug-likeness (QED) is 0.820. The van der Waals surface area contributed by atoms with Crippen LogP contribution >= 0.6 is 0 Å². The number of fused-ring (bicyclic) bond motifs is 1. The van der Waals surface area contributed by atoms with Crippen molar-refractivity contribution < 1.29 is 14.6 Å². The van der Waals surface area contributed by atoms with Gasteiger partial charge < -0.3 is 19.9 Å². The van der Waals surface area contributed by atoms with Gasteiger partial charge in [0.05, 0.1) is 12.7 Å². The highest BCUT2D eigenvalue weighted by Gasteiger charge is 2.20. The Bertz CT molecular complexity index is 599. The minimum Gasteiger partial charge on any atom is -0.497 e. The molecule has 0 aliphatic rings. The van der Waals surface area contributed by atoms with E-state index in [9.17, 15) is 5.11 Å². The molecule has 1 heterocycles. The molecule has 0 spiro atoms. The third kappa shape index (κ3) is 4.06.